The van der Waals surface area contributed by atoms with Crippen LogP contribution in [-0.4, -0.2) is 22.2 Å². The normalized spacial score (nSPS) is 10.0. The third kappa shape index (κ3) is 2.49. The van der Waals surface area contributed by atoms with Gasteiger partial charge in [-0.15, -0.1) is 11.3 Å². The highest BCUT2D eigenvalue weighted by Crippen LogP contribution is 2.27. The van der Waals surface area contributed by atoms with Gasteiger partial charge in [-0.1, -0.05) is 0 Å². The van der Waals surface area contributed by atoms with E-state index >= 15 is 0 Å². The first-order valence-electron chi connectivity index (χ1n) is 4.90. The van der Waals surface area contributed by atoms with E-state index in [-0.39, 0.29) is 11.1 Å². The maximum Gasteiger partial charge on any atom is 0.336 e. The Balaban J connectivity index is 2.37. The topological polar surface area (TPSA) is 83.8 Å². The largest absolute Gasteiger partial charge is 0.478 e. The van der Waals surface area contributed by atoms with E-state index in [0.717, 1.165) is 0 Å². The van der Waals surface area contributed by atoms with Gasteiger partial charge >= 0.3 is 11.9 Å². The van der Waals surface area contributed by atoms with Crippen molar-refractivity contribution in [1.29, 1.82) is 0 Å². The highest BCUT2D eigenvalue weighted by Gasteiger charge is 2.17. The molecule has 0 fully saturated rings. The number of benzene rings is 1. The summed E-state index contributed by atoms with van der Waals surface area (Å²) in [6.07, 6.45) is 0. The van der Waals surface area contributed by atoms with Gasteiger partial charge in [0.05, 0.1) is 11.1 Å². The van der Waals surface area contributed by atoms with Gasteiger partial charge in [-0.2, -0.15) is 0 Å². The van der Waals surface area contributed by atoms with Gasteiger partial charge in [-0.25, -0.2) is 9.59 Å². The van der Waals surface area contributed by atoms with Gasteiger partial charge in [0.15, 0.2) is 5.06 Å². The highest BCUT2D eigenvalue weighted by molar-refractivity contribution is 7.11. The number of hydrogen-bond donors (Lipinski definition) is 2. The molecule has 0 atom stereocenters. The number of ether oxygens (including phenoxy) is 1. The Bertz CT molecular complexity index is 589. The molecule has 0 radical (unpaired) electrons. The van der Waals surface area contributed by atoms with Crippen LogP contribution in [0.4, 0.5) is 0 Å². The van der Waals surface area contributed by atoms with Crippen molar-refractivity contribution < 1.29 is 24.5 Å². The zero-order valence-electron chi connectivity index (χ0n) is 8.99. The molecule has 6 heteroatoms. The first-order valence-corrected chi connectivity index (χ1v) is 5.78. The van der Waals surface area contributed by atoms with Crippen LogP contribution >= 0.6 is 11.3 Å². The van der Waals surface area contributed by atoms with E-state index in [0.29, 0.717) is 10.8 Å². The van der Waals surface area contributed by atoms with Crippen molar-refractivity contribution in [2.75, 3.05) is 0 Å². The van der Waals surface area contributed by atoms with Gasteiger partial charge in [0.25, 0.3) is 0 Å². The lowest BCUT2D eigenvalue weighted by Crippen LogP contribution is -2.07. The standard InChI is InChI=1S/C12H8O5S/c13-11(14)8-4-3-7(6-9(8)12(15)16)17-10-2-1-5-18-10/h1-6H,(H,13,14)(H,15,16). The molecule has 92 valence electrons. The second-order valence-electron chi connectivity index (χ2n) is 3.35. The average molecular weight is 264 g/mol. The predicted molar refractivity (Wildman–Crippen MR) is 64.8 cm³/mol. The zero-order chi connectivity index (χ0) is 13.1. The number of carbonyl (C=O) groups is 2. The molecule has 0 bridgehead atoms. The summed E-state index contributed by atoms with van der Waals surface area (Å²) in [7, 11) is 0. The minimum absolute atomic E-state index is 0.263. The van der Waals surface area contributed by atoms with Gasteiger partial charge in [-0.05, 0) is 35.7 Å². The second-order valence-corrected chi connectivity index (χ2v) is 4.26. The Morgan fingerprint density at radius 2 is 1.78 bits per heavy atom. The number of rotatable bonds is 4. The lowest BCUT2D eigenvalue weighted by atomic mass is 10.1. The van der Waals surface area contributed by atoms with Crippen LogP contribution in [0, 0.1) is 0 Å². The number of carboxylic acid groups (broad SMARTS) is 2. The lowest BCUT2D eigenvalue weighted by Gasteiger charge is -2.06. The van der Waals surface area contributed by atoms with Crippen molar-refractivity contribution in [3.05, 3.63) is 46.8 Å². The van der Waals surface area contributed by atoms with Crippen LogP contribution < -0.4 is 4.74 Å². The Kier molecular flexibility index (Phi) is 3.29. The molecule has 2 aromatic rings. The van der Waals surface area contributed by atoms with Crippen LogP contribution in [0.25, 0.3) is 0 Å². The molecular weight excluding hydrogens is 256 g/mol. The summed E-state index contributed by atoms with van der Waals surface area (Å²) in [4.78, 5) is 21.8. The van der Waals surface area contributed by atoms with Crippen molar-refractivity contribution in [1.82, 2.24) is 0 Å². The monoisotopic (exact) mass is 264 g/mol. The molecule has 0 amide bonds. The molecule has 2 N–H and O–H groups in total. The minimum atomic E-state index is -1.30. The van der Waals surface area contributed by atoms with Crippen molar-refractivity contribution >= 4 is 23.3 Å². The quantitative estimate of drug-likeness (QED) is 0.886. The van der Waals surface area contributed by atoms with E-state index < -0.39 is 11.9 Å². The van der Waals surface area contributed by atoms with E-state index in [1.165, 1.54) is 29.5 Å². The lowest BCUT2D eigenvalue weighted by molar-refractivity contribution is 0.0651. The molecule has 2 rings (SSSR count). The Labute approximate surface area is 106 Å². The summed E-state index contributed by atoms with van der Waals surface area (Å²) >= 11 is 1.36. The number of hydrogen-bond acceptors (Lipinski definition) is 4. The first-order chi connectivity index (χ1) is 8.58. The number of carboxylic acids is 2. The average Bonchev–Trinajstić information content (AvgIpc) is 2.81. The summed E-state index contributed by atoms with van der Waals surface area (Å²) < 4.78 is 5.41. The Morgan fingerprint density at radius 1 is 1.06 bits per heavy atom. The van der Waals surface area contributed by atoms with Gasteiger partial charge in [0.2, 0.25) is 0 Å². The van der Waals surface area contributed by atoms with Crippen LogP contribution in [0.5, 0.6) is 10.8 Å². The molecule has 5 nitrogen and oxygen atoms in total. The van der Waals surface area contributed by atoms with E-state index in [1.807, 2.05) is 5.38 Å². The van der Waals surface area contributed by atoms with E-state index in [4.69, 9.17) is 14.9 Å². The molecule has 1 heterocycles. The molecule has 0 spiro atoms. The fourth-order valence-corrected chi connectivity index (χ4v) is 1.98. The molecule has 1 aromatic carbocycles. The summed E-state index contributed by atoms with van der Waals surface area (Å²) in [5.74, 6) is -2.29. The van der Waals surface area contributed by atoms with Crippen LogP contribution in [-0.2, 0) is 0 Å². The minimum Gasteiger partial charge on any atom is -0.478 e. The first kappa shape index (κ1) is 12.1. The molecule has 0 aliphatic rings. The third-order valence-electron chi connectivity index (χ3n) is 2.17. The molecule has 0 aliphatic carbocycles. The molecule has 1 aromatic heterocycles. The van der Waals surface area contributed by atoms with Crippen molar-refractivity contribution in [2.45, 2.75) is 0 Å². The van der Waals surface area contributed by atoms with E-state index in [2.05, 4.69) is 0 Å². The van der Waals surface area contributed by atoms with Crippen LogP contribution in [0.15, 0.2) is 35.7 Å². The SMILES string of the molecule is O=C(O)c1ccc(Oc2cccs2)cc1C(=O)O. The zero-order valence-corrected chi connectivity index (χ0v) is 9.81. The molecule has 0 saturated heterocycles. The molecular formula is C12H8O5S. The van der Waals surface area contributed by atoms with Crippen molar-refractivity contribution in [3.8, 4) is 10.8 Å². The number of aromatic carboxylic acids is 2. The maximum atomic E-state index is 11.0. The van der Waals surface area contributed by atoms with E-state index in [1.54, 1.807) is 12.1 Å². The molecule has 0 unspecified atom stereocenters. The van der Waals surface area contributed by atoms with Crippen molar-refractivity contribution in [3.63, 3.8) is 0 Å². The van der Waals surface area contributed by atoms with Gasteiger partial charge in [0, 0.05) is 0 Å². The van der Waals surface area contributed by atoms with E-state index in [9.17, 15) is 9.59 Å². The molecule has 18 heavy (non-hydrogen) atoms. The fraction of sp³-hybridized carbons (Fsp3) is 0. The molecule has 0 aliphatic heterocycles. The van der Waals surface area contributed by atoms with Crippen LogP contribution in [0.1, 0.15) is 20.7 Å². The van der Waals surface area contributed by atoms with Crippen LogP contribution in [0.3, 0.4) is 0 Å². The van der Waals surface area contributed by atoms with Gasteiger partial charge in [0.1, 0.15) is 5.75 Å². The third-order valence-corrected chi connectivity index (χ3v) is 2.91. The predicted octanol–water partition coefficient (Wildman–Crippen LogP) is 2.94. The van der Waals surface area contributed by atoms with Gasteiger partial charge in [-0.3, -0.25) is 0 Å². The maximum absolute atomic E-state index is 11.0. The smallest absolute Gasteiger partial charge is 0.336 e. The summed E-state index contributed by atoms with van der Waals surface area (Å²) in [6.45, 7) is 0. The Hall–Kier alpha value is -2.34. The second kappa shape index (κ2) is 4.89. The Morgan fingerprint density at radius 3 is 2.33 bits per heavy atom. The number of thiophene rings is 1. The summed E-state index contributed by atoms with van der Waals surface area (Å²) in [5.41, 5.74) is -0.558. The van der Waals surface area contributed by atoms with Gasteiger partial charge < -0.3 is 14.9 Å². The van der Waals surface area contributed by atoms with Crippen molar-refractivity contribution in [2.24, 2.45) is 0 Å². The summed E-state index contributed by atoms with van der Waals surface area (Å²) in [5, 5.41) is 20.2. The fourth-order valence-electron chi connectivity index (χ4n) is 1.39. The molecule has 0 saturated carbocycles. The van der Waals surface area contributed by atoms with Crippen LogP contribution in [0.2, 0.25) is 0 Å². The highest BCUT2D eigenvalue weighted by atomic mass is 32.1. The summed E-state index contributed by atoms with van der Waals surface area (Å²) in [6, 6.07) is 7.37.